The summed E-state index contributed by atoms with van der Waals surface area (Å²) in [5, 5.41) is 5.72. The number of nitrogens with zero attached hydrogens (tertiary/aromatic N) is 1. The van der Waals surface area contributed by atoms with Crippen molar-refractivity contribution in [3.8, 4) is 0 Å². The van der Waals surface area contributed by atoms with Gasteiger partial charge in [-0.3, -0.25) is 14.4 Å². The minimum Gasteiger partial charge on any atom is -0.352 e. The van der Waals surface area contributed by atoms with Crippen LogP contribution in [0.3, 0.4) is 0 Å². The van der Waals surface area contributed by atoms with Crippen molar-refractivity contribution in [2.45, 2.75) is 46.6 Å². The van der Waals surface area contributed by atoms with Crippen LogP contribution in [0.25, 0.3) is 0 Å². The lowest BCUT2D eigenvalue weighted by Gasteiger charge is -2.20. The van der Waals surface area contributed by atoms with E-state index in [0.717, 1.165) is 6.42 Å². The molecular weight excluding hydrogens is 330 g/mol. The van der Waals surface area contributed by atoms with Gasteiger partial charge in [-0.05, 0) is 50.5 Å². The van der Waals surface area contributed by atoms with Crippen LogP contribution in [0.1, 0.15) is 50.9 Å². The summed E-state index contributed by atoms with van der Waals surface area (Å²) in [5.41, 5.74) is 1.19. The number of likely N-dealkylation sites (tertiary alicyclic amines) is 1. The number of hydrogen-bond acceptors (Lipinski definition) is 3. The predicted octanol–water partition coefficient (Wildman–Crippen LogP) is 2.66. The molecule has 0 aliphatic carbocycles. The molecule has 1 aromatic carbocycles. The quantitative estimate of drug-likeness (QED) is 0.786. The maximum Gasteiger partial charge on any atom is 0.251 e. The highest BCUT2D eigenvalue weighted by molar-refractivity contribution is 5.98. The van der Waals surface area contributed by atoms with Gasteiger partial charge < -0.3 is 15.5 Å². The Morgan fingerprint density at radius 2 is 1.81 bits per heavy atom. The van der Waals surface area contributed by atoms with E-state index in [-0.39, 0.29) is 36.1 Å². The van der Waals surface area contributed by atoms with E-state index >= 15 is 0 Å². The number of carbonyl (C=O) groups excluding carboxylic acids is 3. The van der Waals surface area contributed by atoms with E-state index in [9.17, 15) is 14.4 Å². The van der Waals surface area contributed by atoms with Crippen molar-refractivity contribution in [2.24, 2.45) is 11.8 Å². The molecule has 0 radical (unpaired) electrons. The summed E-state index contributed by atoms with van der Waals surface area (Å²) in [6.45, 7) is 9.23. The second kappa shape index (κ2) is 8.83. The maximum absolute atomic E-state index is 12.4. The largest absolute Gasteiger partial charge is 0.352 e. The molecule has 1 fully saturated rings. The third-order valence-electron chi connectivity index (χ3n) is 4.57. The maximum atomic E-state index is 12.4. The van der Waals surface area contributed by atoms with E-state index in [1.807, 2.05) is 13.8 Å². The number of amides is 3. The number of carbonyl (C=O) groups is 3. The molecule has 1 aliphatic heterocycles. The molecule has 0 bridgehead atoms. The normalized spacial score (nSPS) is 17.1. The van der Waals surface area contributed by atoms with Gasteiger partial charge in [-0.25, -0.2) is 0 Å². The molecule has 0 spiro atoms. The van der Waals surface area contributed by atoms with Crippen molar-refractivity contribution in [3.05, 3.63) is 29.8 Å². The third kappa shape index (κ3) is 5.31. The Labute approximate surface area is 155 Å². The minimum atomic E-state index is -0.330. The van der Waals surface area contributed by atoms with Gasteiger partial charge in [-0.2, -0.15) is 0 Å². The van der Waals surface area contributed by atoms with Gasteiger partial charge in [0, 0.05) is 36.8 Å². The molecule has 6 nitrogen and oxygen atoms in total. The number of hydrogen-bond donors (Lipinski definition) is 2. The molecule has 2 N–H and O–H groups in total. The molecule has 1 atom stereocenters. The Bertz CT molecular complexity index is 653. The fraction of sp³-hybridized carbons (Fsp3) is 0.550. The van der Waals surface area contributed by atoms with E-state index in [1.165, 1.54) is 0 Å². The van der Waals surface area contributed by atoms with Crippen molar-refractivity contribution in [1.82, 2.24) is 10.2 Å². The Hall–Kier alpha value is -2.37. The van der Waals surface area contributed by atoms with E-state index in [2.05, 4.69) is 24.5 Å². The third-order valence-corrected chi connectivity index (χ3v) is 4.57. The van der Waals surface area contributed by atoms with Crippen molar-refractivity contribution < 1.29 is 14.4 Å². The van der Waals surface area contributed by atoms with Gasteiger partial charge in [0.1, 0.15) is 0 Å². The van der Waals surface area contributed by atoms with E-state index in [4.69, 9.17) is 0 Å². The first kappa shape index (κ1) is 19.9. The standard InChI is InChI=1S/C20H29N3O3/c1-13(2)9-10-21-19(25)15-5-7-17(8-6-15)22-20(26)16-11-18(24)23(12-16)14(3)4/h5-8,13-14,16H,9-12H2,1-4H3,(H,21,25)(H,22,26). The number of nitrogens with one attached hydrogen (secondary N) is 2. The minimum absolute atomic E-state index is 0.0218. The average molecular weight is 359 g/mol. The highest BCUT2D eigenvalue weighted by atomic mass is 16.2. The second-order valence-corrected chi connectivity index (χ2v) is 7.55. The molecule has 1 aliphatic rings. The summed E-state index contributed by atoms with van der Waals surface area (Å²) >= 11 is 0. The molecule has 0 aromatic heterocycles. The molecule has 1 aromatic rings. The highest BCUT2D eigenvalue weighted by Crippen LogP contribution is 2.22. The van der Waals surface area contributed by atoms with E-state index in [1.54, 1.807) is 29.2 Å². The first-order valence-corrected chi connectivity index (χ1v) is 9.26. The molecule has 142 valence electrons. The van der Waals surface area contributed by atoms with Gasteiger partial charge >= 0.3 is 0 Å². The summed E-state index contributed by atoms with van der Waals surface area (Å²) in [7, 11) is 0. The van der Waals surface area contributed by atoms with Crippen LogP contribution < -0.4 is 10.6 Å². The molecule has 3 amide bonds. The van der Waals surface area contributed by atoms with Crippen LogP contribution in [0.5, 0.6) is 0 Å². The first-order valence-electron chi connectivity index (χ1n) is 9.26. The summed E-state index contributed by atoms with van der Waals surface area (Å²) < 4.78 is 0. The Morgan fingerprint density at radius 1 is 1.15 bits per heavy atom. The average Bonchev–Trinajstić information content (AvgIpc) is 2.97. The van der Waals surface area contributed by atoms with Crippen LogP contribution in [0.4, 0.5) is 5.69 Å². The molecule has 1 saturated heterocycles. The molecule has 1 unspecified atom stereocenters. The van der Waals surface area contributed by atoms with Crippen LogP contribution >= 0.6 is 0 Å². The van der Waals surface area contributed by atoms with Crippen molar-refractivity contribution in [1.29, 1.82) is 0 Å². The molecule has 1 heterocycles. The van der Waals surface area contributed by atoms with Crippen LogP contribution in [0, 0.1) is 11.8 Å². The number of benzene rings is 1. The number of rotatable bonds is 7. The summed E-state index contributed by atoms with van der Waals surface area (Å²) in [6.07, 6.45) is 1.19. The predicted molar refractivity (Wildman–Crippen MR) is 102 cm³/mol. The lowest BCUT2D eigenvalue weighted by molar-refractivity contribution is -0.129. The topological polar surface area (TPSA) is 78.5 Å². The summed E-state index contributed by atoms with van der Waals surface area (Å²) in [4.78, 5) is 38.1. The SMILES string of the molecule is CC(C)CCNC(=O)c1ccc(NC(=O)C2CC(=O)N(C(C)C)C2)cc1. The molecule has 0 saturated carbocycles. The summed E-state index contributed by atoms with van der Waals surface area (Å²) in [5.74, 6) is -0.0346. The van der Waals surface area contributed by atoms with Gasteiger partial charge in [0.15, 0.2) is 0 Å². The zero-order chi connectivity index (χ0) is 19.3. The van der Waals surface area contributed by atoms with Gasteiger partial charge in [-0.1, -0.05) is 13.8 Å². The van der Waals surface area contributed by atoms with Crippen molar-refractivity contribution >= 4 is 23.4 Å². The van der Waals surface area contributed by atoms with Gasteiger partial charge in [0.25, 0.3) is 5.91 Å². The lowest BCUT2D eigenvalue weighted by Crippen LogP contribution is -2.33. The van der Waals surface area contributed by atoms with Gasteiger partial charge in [0.2, 0.25) is 11.8 Å². The smallest absolute Gasteiger partial charge is 0.251 e. The molecular formula is C20H29N3O3. The van der Waals surface area contributed by atoms with Crippen LogP contribution in [0.15, 0.2) is 24.3 Å². The van der Waals surface area contributed by atoms with Crippen LogP contribution in [-0.4, -0.2) is 41.8 Å². The number of anilines is 1. The molecule has 26 heavy (non-hydrogen) atoms. The zero-order valence-electron chi connectivity index (χ0n) is 16.0. The van der Waals surface area contributed by atoms with Crippen LogP contribution in [-0.2, 0) is 9.59 Å². The summed E-state index contributed by atoms with van der Waals surface area (Å²) in [6, 6.07) is 6.92. The second-order valence-electron chi connectivity index (χ2n) is 7.55. The fourth-order valence-corrected chi connectivity index (χ4v) is 2.93. The van der Waals surface area contributed by atoms with Gasteiger partial charge in [0.05, 0.1) is 5.92 Å². The lowest BCUT2D eigenvalue weighted by atomic mass is 10.1. The van der Waals surface area contributed by atoms with E-state index in [0.29, 0.717) is 30.3 Å². The highest BCUT2D eigenvalue weighted by Gasteiger charge is 2.35. The Balaban J connectivity index is 1.88. The van der Waals surface area contributed by atoms with Gasteiger partial charge in [-0.15, -0.1) is 0 Å². The zero-order valence-corrected chi connectivity index (χ0v) is 16.0. The fourth-order valence-electron chi connectivity index (χ4n) is 2.93. The van der Waals surface area contributed by atoms with Crippen molar-refractivity contribution in [2.75, 3.05) is 18.4 Å². The Kier molecular flexibility index (Phi) is 6.77. The molecule has 6 heteroatoms. The monoisotopic (exact) mass is 359 g/mol. The first-order chi connectivity index (χ1) is 12.3. The molecule has 2 rings (SSSR count). The Morgan fingerprint density at radius 3 is 2.35 bits per heavy atom. The van der Waals surface area contributed by atoms with Crippen LogP contribution in [0.2, 0.25) is 0 Å². The van der Waals surface area contributed by atoms with Crippen molar-refractivity contribution in [3.63, 3.8) is 0 Å². The van der Waals surface area contributed by atoms with E-state index < -0.39 is 0 Å².